The van der Waals surface area contributed by atoms with Crippen LogP contribution in [0.3, 0.4) is 0 Å². The normalized spacial score (nSPS) is 24.5. The van der Waals surface area contributed by atoms with Crippen molar-refractivity contribution in [2.24, 2.45) is 16.2 Å². The number of fused-ring (bicyclic) bond motifs is 3. The fourth-order valence-electron chi connectivity index (χ4n) is 14.0. The molecule has 0 spiro atoms. The van der Waals surface area contributed by atoms with Crippen molar-refractivity contribution in [1.82, 2.24) is 30.6 Å². The summed E-state index contributed by atoms with van der Waals surface area (Å²) in [6, 6.07) is 29.5. The number of ketones is 3. The number of aromatic nitrogens is 6. The van der Waals surface area contributed by atoms with Crippen LogP contribution in [-0.4, -0.2) is 47.9 Å². The van der Waals surface area contributed by atoms with E-state index >= 15 is 0 Å². The van der Waals surface area contributed by atoms with Crippen LogP contribution in [0.25, 0.3) is 0 Å². The van der Waals surface area contributed by atoms with Gasteiger partial charge in [-0.05, 0) is 109 Å². The topological polar surface area (TPSA) is 209 Å². The molecule has 12 nitrogen and oxygen atoms in total. The maximum Gasteiger partial charge on any atom is 0.160 e. The monoisotopic (exact) mass is 994 g/mol. The molecule has 0 bridgehead atoms. The second-order valence-corrected chi connectivity index (χ2v) is 24.5. The maximum absolute atomic E-state index is 13.2. The van der Waals surface area contributed by atoms with Gasteiger partial charge in [0.1, 0.15) is 0 Å². The highest BCUT2D eigenvalue weighted by atomic mass is 16.1. The fourth-order valence-corrected chi connectivity index (χ4v) is 14.0. The van der Waals surface area contributed by atoms with E-state index in [2.05, 4.69) is 111 Å². The summed E-state index contributed by atoms with van der Waals surface area (Å²) in [5, 5.41) is 50.1. The van der Waals surface area contributed by atoms with Gasteiger partial charge in [-0.1, -0.05) is 94.7 Å². The van der Waals surface area contributed by atoms with Gasteiger partial charge in [0.05, 0.1) is 53.5 Å². The fraction of sp³-hybridized carbons (Fsp3) is 0.381. The first-order valence-corrected chi connectivity index (χ1v) is 25.9. The third-order valence-corrected chi connectivity index (χ3v) is 17.0. The number of H-pyrrole nitrogens is 3. The predicted molar refractivity (Wildman–Crippen MR) is 285 cm³/mol. The molecule has 378 valence electrons. The van der Waals surface area contributed by atoms with Gasteiger partial charge in [0.15, 0.2) is 17.3 Å². The van der Waals surface area contributed by atoms with E-state index in [9.17, 15) is 30.2 Å². The Morgan fingerprint density at radius 1 is 0.413 bits per heavy atom. The molecule has 3 heterocycles. The molecule has 12 heteroatoms. The smallest absolute Gasteiger partial charge is 0.160 e. The Kier molecular flexibility index (Phi) is 12.2. The van der Waals surface area contributed by atoms with Crippen molar-refractivity contribution < 1.29 is 14.4 Å². The largest absolute Gasteiger partial charge is 0.294 e. The van der Waals surface area contributed by atoms with Gasteiger partial charge in [-0.3, -0.25) is 29.7 Å². The molecule has 0 radical (unpaired) electrons. The minimum atomic E-state index is -0.559. The lowest BCUT2D eigenvalue weighted by Gasteiger charge is -2.43. The molecule has 12 rings (SSSR count). The summed E-state index contributed by atoms with van der Waals surface area (Å²) >= 11 is 0. The van der Waals surface area contributed by atoms with E-state index in [-0.39, 0.29) is 33.6 Å². The van der Waals surface area contributed by atoms with Gasteiger partial charge in [-0.2, -0.15) is 31.1 Å². The van der Waals surface area contributed by atoms with Gasteiger partial charge >= 0.3 is 0 Å². The Morgan fingerprint density at radius 3 is 0.933 bits per heavy atom. The quantitative estimate of drug-likeness (QED) is 0.154. The van der Waals surface area contributed by atoms with Gasteiger partial charge in [0.2, 0.25) is 0 Å². The molecule has 6 aliphatic carbocycles. The number of benzene rings is 3. The second-order valence-electron chi connectivity index (χ2n) is 24.5. The molecule has 0 saturated heterocycles. The van der Waals surface area contributed by atoms with Crippen LogP contribution in [0, 0.1) is 50.2 Å². The predicted octanol–water partition coefficient (Wildman–Crippen LogP) is 11.5. The standard InChI is InChI=1S/3C21H21N3O/c3*1-20(2)9-14-8-17-16(12-23-24-17)21(3,19(14)18(25)10-20)15-6-4-5-13(7-15)11-22/h3*4-7,12H,8-10H2,1-3H3,(H,23,24)/t2*21-;/m10./s1. The van der Waals surface area contributed by atoms with E-state index in [1.807, 2.05) is 73.2 Å². The summed E-state index contributed by atoms with van der Waals surface area (Å²) in [5.41, 5.74) is 15.8. The molecule has 3 N–H and O–H groups in total. The zero-order chi connectivity index (χ0) is 53.5. The van der Waals surface area contributed by atoms with Crippen molar-refractivity contribution in [2.75, 3.05) is 0 Å². The Morgan fingerprint density at radius 2 is 0.680 bits per heavy atom. The Labute approximate surface area is 439 Å². The van der Waals surface area contributed by atoms with Crippen LogP contribution < -0.4 is 0 Å². The summed E-state index contributed by atoms with van der Waals surface area (Å²) < 4.78 is 0. The molecule has 0 fully saturated rings. The summed E-state index contributed by atoms with van der Waals surface area (Å²) in [4.78, 5) is 39.5. The van der Waals surface area contributed by atoms with Gasteiger partial charge in [0, 0.05) is 105 Å². The lowest BCUT2D eigenvalue weighted by molar-refractivity contribution is -0.119. The second kappa shape index (κ2) is 18.1. The van der Waals surface area contributed by atoms with E-state index in [1.54, 1.807) is 18.2 Å². The lowest BCUT2D eigenvalue weighted by atomic mass is 9.58. The van der Waals surface area contributed by atoms with Crippen molar-refractivity contribution in [3.8, 4) is 18.2 Å². The Bertz CT molecular complexity index is 3250. The van der Waals surface area contributed by atoms with E-state index in [0.717, 1.165) is 106 Å². The van der Waals surface area contributed by atoms with Crippen LogP contribution in [0.2, 0.25) is 0 Å². The van der Waals surface area contributed by atoms with E-state index in [1.165, 1.54) is 16.7 Å². The molecule has 0 amide bonds. The molecule has 3 atom stereocenters. The number of Topliss-reactive ketones (excluding diaryl/α,β-unsaturated/α-hetero) is 3. The number of allylic oxidation sites excluding steroid dienone is 6. The summed E-state index contributed by atoms with van der Waals surface area (Å²) in [6.07, 6.45) is 12.2. The van der Waals surface area contributed by atoms with Crippen molar-refractivity contribution >= 4 is 17.3 Å². The highest BCUT2D eigenvalue weighted by molar-refractivity contribution is 6.03. The zero-order valence-corrected chi connectivity index (χ0v) is 44.4. The van der Waals surface area contributed by atoms with Crippen molar-refractivity contribution in [3.05, 3.63) is 192 Å². The van der Waals surface area contributed by atoms with Crippen LogP contribution in [0.1, 0.15) is 168 Å². The number of nitrogens with one attached hydrogen (secondary N) is 3. The number of carbonyl (C=O) groups is 3. The molecule has 3 aromatic heterocycles. The number of aromatic amines is 3. The van der Waals surface area contributed by atoms with Gasteiger partial charge < -0.3 is 0 Å². The van der Waals surface area contributed by atoms with Crippen molar-refractivity contribution in [3.63, 3.8) is 0 Å². The van der Waals surface area contributed by atoms with E-state index in [0.29, 0.717) is 36.0 Å². The van der Waals surface area contributed by atoms with Gasteiger partial charge in [-0.25, -0.2) is 0 Å². The SMILES string of the molecule is CC1(C)CC(=O)C2=C(Cc3[nH]ncc3C2(C)c2cccc(C#N)c2)C1.CC1(C)CC(=O)C2=C(Cc3[nH]ncc3[C@@]2(C)c2cccc(C#N)c2)C1.CC1(C)CC(=O)C2=C(Cc3[nH]ncc3[C@]2(C)c2cccc(C#N)c2)C1. The average molecular weight is 994 g/mol. The number of hydrogen-bond donors (Lipinski definition) is 3. The third kappa shape index (κ3) is 8.53. The van der Waals surface area contributed by atoms with Crippen molar-refractivity contribution in [2.45, 2.75) is 136 Å². The minimum Gasteiger partial charge on any atom is -0.294 e. The highest BCUT2D eigenvalue weighted by Crippen LogP contribution is 2.55. The molecule has 1 unspecified atom stereocenters. The molecule has 6 aromatic rings. The molecule has 3 aromatic carbocycles. The Hall–Kier alpha value is -8.01. The third-order valence-electron chi connectivity index (χ3n) is 17.0. The first-order valence-electron chi connectivity index (χ1n) is 25.9. The average Bonchev–Trinajstić information content (AvgIpc) is 4.17. The molecule has 0 saturated carbocycles. The van der Waals surface area contributed by atoms with Crippen molar-refractivity contribution in [1.29, 1.82) is 15.8 Å². The van der Waals surface area contributed by atoms with Crippen LogP contribution in [0.5, 0.6) is 0 Å². The molecular weight excluding hydrogens is 931 g/mol. The van der Waals surface area contributed by atoms with Crippen LogP contribution in [0.15, 0.2) is 125 Å². The molecule has 75 heavy (non-hydrogen) atoms. The first-order chi connectivity index (χ1) is 35.5. The van der Waals surface area contributed by atoms with Crippen LogP contribution in [-0.2, 0) is 49.9 Å². The molecule has 6 aliphatic rings. The molecule has 0 aliphatic heterocycles. The minimum absolute atomic E-state index is 0.0111. The van der Waals surface area contributed by atoms with Crippen LogP contribution >= 0.6 is 0 Å². The molecular formula is C63H63N9O3. The number of carbonyl (C=O) groups excluding carboxylic acids is 3. The number of rotatable bonds is 3. The first kappa shape index (κ1) is 50.5. The summed E-state index contributed by atoms with van der Waals surface area (Å²) in [7, 11) is 0. The summed E-state index contributed by atoms with van der Waals surface area (Å²) in [5.74, 6) is 0.675. The lowest BCUT2D eigenvalue weighted by Crippen LogP contribution is -2.40. The number of hydrogen-bond acceptors (Lipinski definition) is 9. The zero-order valence-electron chi connectivity index (χ0n) is 44.4. The number of nitriles is 3. The van der Waals surface area contributed by atoms with Gasteiger partial charge in [-0.15, -0.1) is 0 Å². The van der Waals surface area contributed by atoms with Gasteiger partial charge in [0.25, 0.3) is 0 Å². The summed E-state index contributed by atoms with van der Waals surface area (Å²) in [6.45, 7) is 19.2. The maximum atomic E-state index is 13.2. The van der Waals surface area contributed by atoms with E-state index < -0.39 is 16.2 Å². The Balaban J connectivity index is 0.000000128. The highest BCUT2D eigenvalue weighted by Gasteiger charge is 2.51. The van der Waals surface area contributed by atoms with E-state index in [4.69, 9.17) is 0 Å². The number of nitrogens with zero attached hydrogens (tertiary/aromatic N) is 6. The van der Waals surface area contributed by atoms with Crippen LogP contribution in [0.4, 0.5) is 0 Å².